The molecule has 0 aromatic heterocycles. The molecule has 26 heavy (non-hydrogen) atoms. The van der Waals surface area contributed by atoms with Gasteiger partial charge in [0.2, 0.25) is 5.91 Å². The van der Waals surface area contributed by atoms with Crippen LogP contribution in [0.3, 0.4) is 0 Å². The maximum atomic E-state index is 13.0. The molecular weight excluding hydrogens is 328 g/mol. The summed E-state index contributed by atoms with van der Waals surface area (Å²) in [4.78, 5) is 26.6. The first-order valence-corrected chi connectivity index (χ1v) is 8.61. The maximum absolute atomic E-state index is 13.0. The highest BCUT2D eigenvalue weighted by molar-refractivity contribution is 6.45. The molecule has 6 heteroatoms. The van der Waals surface area contributed by atoms with Gasteiger partial charge in [-0.25, -0.2) is 0 Å². The normalized spacial score (nSPS) is 16.3. The van der Waals surface area contributed by atoms with E-state index < -0.39 is 11.9 Å². The summed E-state index contributed by atoms with van der Waals surface area (Å²) in [6.45, 7) is 4.40. The lowest BCUT2D eigenvalue weighted by Crippen LogP contribution is -2.40. The van der Waals surface area contributed by atoms with E-state index in [9.17, 15) is 9.59 Å². The van der Waals surface area contributed by atoms with Gasteiger partial charge in [0.05, 0.1) is 5.69 Å². The molecular formula is C20H22N4O2. The molecule has 0 radical (unpaired) electrons. The van der Waals surface area contributed by atoms with E-state index in [-0.39, 0.29) is 12.3 Å². The molecule has 1 aliphatic rings. The van der Waals surface area contributed by atoms with Crippen LogP contribution >= 0.6 is 0 Å². The van der Waals surface area contributed by atoms with Crippen LogP contribution in [0.15, 0.2) is 59.7 Å². The Labute approximate surface area is 152 Å². The summed E-state index contributed by atoms with van der Waals surface area (Å²) in [5.41, 5.74) is 8.50. The molecule has 0 spiro atoms. The number of para-hydroxylation sites is 1. The van der Waals surface area contributed by atoms with Crippen molar-refractivity contribution in [3.8, 4) is 0 Å². The number of nitrogens with zero attached hydrogens (tertiary/aromatic N) is 3. The minimum atomic E-state index is -0.660. The molecule has 0 saturated carbocycles. The Morgan fingerprint density at radius 2 is 1.92 bits per heavy atom. The van der Waals surface area contributed by atoms with Gasteiger partial charge in [0, 0.05) is 18.7 Å². The van der Waals surface area contributed by atoms with Crippen molar-refractivity contribution >= 4 is 28.9 Å². The second-order valence-corrected chi connectivity index (χ2v) is 6.24. The Bertz CT molecular complexity index is 848. The van der Waals surface area contributed by atoms with Crippen LogP contribution in [-0.4, -0.2) is 30.1 Å². The van der Waals surface area contributed by atoms with Crippen LogP contribution in [0.2, 0.25) is 0 Å². The maximum Gasteiger partial charge on any atom is 0.274 e. The molecule has 2 N–H and O–H groups in total. The van der Waals surface area contributed by atoms with Crippen molar-refractivity contribution in [1.29, 1.82) is 0 Å². The molecule has 1 atom stereocenters. The van der Waals surface area contributed by atoms with Gasteiger partial charge >= 0.3 is 0 Å². The van der Waals surface area contributed by atoms with Gasteiger partial charge in [-0.2, -0.15) is 5.10 Å². The number of nitrogens with two attached hydrogens (primary N) is 1. The average molecular weight is 350 g/mol. The van der Waals surface area contributed by atoms with Gasteiger partial charge in [-0.05, 0) is 43.7 Å². The molecule has 1 heterocycles. The zero-order chi connectivity index (χ0) is 18.7. The van der Waals surface area contributed by atoms with Crippen molar-refractivity contribution in [2.45, 2.75) is 26.3 Å². The first-order valence-electron chi connectivity index (χ1n) is 8.61. The minimum Gasteiger partial charge on any atom is -0.368 e. The van der Waals surface area contributed by atoms with Gasteiger partial charge in [0.1, 0.15) is 11.8 Å². The van der Waals surface area contributed by atoms with Gasteiger partial charge in [-0.15, -0.1) is 0 Å². The van der Waals surface area contributed by atoms with E-state index in [2.05, 4.69) is 5.10 Å². The number of rotatable bonds is 5. The quantitative estimate of drug-likeness (QED) is 0.900. The lowest BCUT2D eigenvalue weighted by atomic mass is 10.1. The summed E-state index contributed by atoms with van der Waals surface area (Å²) in [7, 11) is 0. The number of benzene rings is 2. The Hall–Kier alpha value is -3.15. The van der Waals surface area contributed by atoms with Gasteiger partial charge < -0.3 is 10.6 Å². The molecule has 0 bridgehead atoms. The van der Waals surface area contributed by atoms with Crippen LogP contribution in [0.5, 0.6) is 0 Å². The highest BCUT2D eigenvalue weighted by atomic mass is 16.2. The van der Waals surface area contributed by atoms with E-state index in [1.807, 2.05) is 68.4 Å². The second kappa shape index (κ2) is 7.39. The number of carbonyl (C=O) groups excluding carboxylic acids is 2. The first-order chi connectivity index (χ1) is 12.5. The molecule has 0 fully saturated rings. The van der Waals surface area contributed by atoms with E-state index in [4.69, 9.17) is 5.73 Å². The summed E-state index contributed by atoms with van der Waals surface area (Å²) in [6.07, 6.45) is 0.200. The topological polar surface area (TPSA) is 79.0 Å². The fourth-order valence-corrected chi connectivity index (χ4v) is 3.07. The molecule has 2 aromatic carbocycles. The number of primary amides is 1. The summed E-state index contributed by atoms with van der Waals surface area (Å²) >= 11 is 0. The zero-order valence-corrected chi connectivity index (χ0v) is 14.9. The summed E-state index contributed by atoms with van der Waals surface area (Å²) in [5, 5.41) is 5.98. The molecule has 0 aliphatic carbocycles. The number of anilines is 2. The van der Waals surface area contributed by atoms with E-state index in [0.717, 1.165) is 16.9 Å². The van der Waals surface area contributed by atoms with E-state index in [1.165, 1.54) is 0 Å². The Kier molecular flexibility index (Phi) is 5.02. The third-order valence-corrected chi connectivity index (χ3v) is 4.38. The third kappa shape index (κ3) is 3.44. The third-order valence-electron chi connectivity index (χ3n) is 4.38. The number of amides is 2. The predicted octanol–water partition coefficient (Wildman–Crippen LogP) is 2.47. The van der Waals surface area contributed by atoms with Crippen molar-refractivity contribution in [2.75, 3.05) is 16.5 Å². The van der Waals surface area contributed by atoms with Crippen molar-refractivity contribution in [3.63, 3.8) is 0 Å². The number of aryl methyl sites for hydroxylation is 1. The van der Waals surface area contributed by atoms with Crippen LogP contribution in [0.25, 0.3) is 0 Å². The van der Waals surface area contributed by atoms with Crippen LogP contribution in [0.4, 0.5) is 11.4 Å². The monoisotopic (exact) mass is 350 g/mol. The molecule has 0 saturated heterocycles. The van der Waals surface area contributed by atoms with Crippen molar-refractivity contribution in [2.24, 2.45) is 10.8 Å². The summed E-state index contributed by atoms with van der Waals surface area (Å²) < 4.78 is 0. The molecule has 1 aliphatic heterocycles. The lowest BCUT2D eigenvalue weighted by Gasteiger charge is -2.21. The van der Waals surface area contributed by atoms with Gasteiger partial charge in [-0.3, -0.25) is 14.6 Å². The van der Waals surface area contributed by atoms with Crippen LogP contribution in [0, 0.1) is 6.92 Å². The van der Waals surface area contributed by atoms with Crippen molar-refractivity contribution in [3.05, 3.63) is 60.2 Å². The van der Waals surface area contributed by atoms with Crippen molar-refractivity contribution in [1.82, 2.24) is 0 Å². The fourth-order valence-electron chi connectivity index (χ4n) is 3.07. The number of carbonyl (C=O) groups is 2. The number of hydrazone groups is 1. The Balaban J connectivity index is 1.92. The molecule has 6 nitrogen and oxygen atoms in total. The van der Waals surface area contributed by atoms with E-state index in [1.54, 1.807) is 9.91 Å². The minimum absolute atomic E-state index is 0.200. The van der Waals surface area contributed by atoms with Gasteiger partial charge in [0.15, 0.2) is 0 Å². The second-order valence-electron chi connectivity index (χ2n) is 6.24. The first kappa shape index (κ1) is 17.7. The molecule has 2 amide bonds. The van der Waals surface area contributed by atoms with Crippen molar-refractivity contribution < 1.29 is 9.59 Å². The largest absolute Gasteiger partial charge is 0.368 e. The summed E-state index contributed by atoms with van der Waals surface area (Å²) in [6, 6.07) is 16.4. The fraction of sp³-hybridized carbons (Fsp3) is 0.250. The Morgan fingerprint density at radius 1 is 1.19 bits per heavy atom. The zero-order valence-electron chi connectivity index (χ0n) is 14.9. The smallest absolute Gasteiger partial charge is 0.274 e. The molecule has 3 rings (SSSR count). The number of hydrogen-bond donors (Lipinski definition) is 1. The van der Waals surface area contributed by atoms with Crippen LogP contribution in [0.1, 0.15) is 18.9 Å². The molecule has 2 aromatic rings. The molecule has 134 valence electrons. The number of hydrogen-bond acceptors (Lipinski definition) is 4. The summed E-state index contributed by atoms with van der Waals surface area (Å²) in [5.74, 6) is -0.707. The SMILES string of the molecule is CCN(C(=O)C1=NN(c2ccccc2)C(C(N)=O)C1)c1cccc(C)c1. The van der Waals surface area contributed by atoms with Crippen LogP contribution in [-0.2, 0) is 9.59 Å². The molecule has 1 unspecified atom stereocenters. The van der Waals surface area contributed by atoms with Crippen LogP contribution < -0.4 is 15.6 Å². The van der Waals surface area contributed by atoms with E-state index >= 15 is 0 Å². The Morgan fingerprint density at radius 3 is 2.54 bits per heavy atom. The average Bonchev–Trinajstić information content (AvgIpc) is 3.09. The highest BCUT2D eigenvalue weighted by Crippen LogP contribution is 2.26. The predicted molar refractivity (Wildman–Crippen MR) is 103 cm³/mol. The standard InChI is InChI=1S/C20H22N4O2/c1-3-23(16-11-7-8-14(2)12-16)20(26)17-13-18(19(21)25)24(22-17)15-9-5-4-6-10-15/h4-12,18H,3,13H2,1-2H3,(H2,21,25). The van der Waals surface area contributed by atoms with Gasteiger partial charge in [0.25, 0.3) is 5.91 Å². The lowest BCUT2D eigenvalue weighted by molar-refractivity contribution is -0.119. The highest BCUT2D eigenvalue weighted by Gasteiger charge is 2.36. The van der Waals surface area contributed by atoms with E-state index in [0.29, 0.717) is 12.3 Å². The van der Waals surface area contributed by atoms with Gasteiger partial charge in [-0.1, -0.05) is 30.3 Å².